The first kappa shape index (κ1) is 12.3. The van der Waals surface area contributed by atoms with E-state index in [4.69, 9.17) is 20.2 Å². The molecule has 3 rings (SSSR count). The molecule has 2 aromatic rings. The Kier molecular flexibility index (Phi) is 3.29. The first-order chi connectivity index (χ1) is 9.33. The minimum atomic E-state index is 0.601. The van der Waals surface area contributed by atoms with Crippen LogP contribution >= 0.6 is 0 Å². The molecule has 2 heterocycles. The molecule has 0 amide bonds. The van der Waals surface area contributed by atoms with Crippen LogP contribution in [0.15, 0.2) is 12.1 Å². The Morgan fingerprint density at radius 1 is 1.26 bits per heavy atom. The standard InChI is InChI=1S/C14H19N3O2/c1-2-3-14-16-10-8-12-13(19-7-6-18-12)9-11(10)17(14)5-4-15/h8-9H,2-7,15H2,1H3. The molecule has 1 aliphatic rings. The molecule has 0 unspecified atom stereocenters. The molecule has 5 nitrogen and oxygen atoms in total. The van der Waals surface area contributed by atoms with Gasteiger partial charge in [0.15, 0.2) is 11.5 Å². The molecular formula is C14H19N3O2. The van der Waals surface area contributed by atoms with Gasteiger partial charge in [-0.15, -0.1) is 0 Å². The molecule has 0 saturated heterocycles. The predicted molar refractivity (Wildman–Crippen MR) is 73.8 cm³/mol. The average molecular weight is 261 g/mol. The number of hydrogen-bond acceptors (Lipinski definition) is 4. The van der Waals surface area contributed by atoms with Crippen LogP contribution in [0.3, 0.4) is 0 Å². The van der Waals surface area contributed by atoms with Crippen LogP contribution in [0.4, 0.5) is 0 Å². The van der Waals surface area contributed by atoms with Gasteiger partial charge < -0.3 is 19.8 Å². The molecule has 1 aromatic heterocycles. The highest BCUT2D eigenvalue weighted by Crippen LogP contribution is 2.34. The van der Waals surface area contributed by atoms with E-state index >= 15 is 0 Å². The molecule has 0 fully saturated rings. The van der Waals surface area contributed by atoms with Gasteiger partial charge in [0, 0.05) is 31.6 Å². The maximum Gasteiger partial charge on any atom is 0.163 e. The first-order valence-corrected chi connectivity index (χ1v) is 6.82. The quantitative estimate of drug-likeness (QED) is 0.910. The van der Waals surface area contributed by atoms with Crippen LogP contribution in [0.5, 0.6) is 11.5 Å². The maximum atomic E-state index is 5.71. The van der Waals surface area contributed by atoms with Gasteiger partial charge in [0.2, 0.25) is 0 Å². The topological polar surface area (TPSA) is 62.3 Å². The number of benzene rings is 1. The van der Waals surface area contributed by atoms with Crippen LogP contribution in [-0.2, 0) is 13.0 Å². The molecule has 0 spiro atoms. The summed E-state index contributed by atoms with van der Waals surface area (Å²) >= 11 is 0. The van der Waals surface area contributed by atoms with Crippen LogP contribution in [0, 0.1) is 0 Å². The van der Waals surface area contributed by atoms with E-state index in [9.17, 15) is 0 Å². The fourth-order valence-corrected chi connectivity index (χ4v) is 2.50. The van der Waals surface area contributed by atoms with Gasteiger partial charge in [-0.05, 0) is 6.42 Å². The summed E-state index contributed by atoms with van der Waals surface area (Å²) in [6.07, 6.45) is 2.03. The molecule has 0 radical (unpaired) electrons. The molecule has 19 heavy (non-hydrogen) atoms. The number of nitrogens with zero attached hydrogens (tertiary/aromatic N) is 2. The minimum absolute atomic E-state index is 0.601. The van der Waals surface area contributed by atoms with Crippen molar-refractivity contribution in [2.45, 2.75) is 26.3 Å². The fourth-order valence-electron chi connectivity index (χ4n) is 2.50. The van der Waals surface area contributed by atoms with Crippen LogP contribution in [-0.4, -0.2) is 29.3 Å². The third-order valence-corrected chi connectivity index (χ3v) is 3.32. The summed E-state index contributed by atoms with van der Waals surface area (Å²) in [5.74, 6) is 2.68. The van der Waals surface area contributed by atoms with Gasteiger partial charge in [-0.25, -0.2) is 4.98 Å². The maximum absolute atomic E-state index is 5.71. The molecule has 102 valence electrons. The Morgan fingerprint density at radius 2 is 2.00 bits per heavy atom. The minimum Gasteiger partial charge on any atom is -0.486 e. The van der Waals surface area contributed by atoms with Crippen molar-refractivity contribution in [2.75, 3.05) is 19.8 Å². The van der Waals surface area contributed by atoms with Crippen molar-refractivity contribution in [1.82, 2.24) is 9.55 Å². The summed E-state index contributed by atoms with van der Waals surface area (Å²) in [5.41, 5.74) is 7.75. The number of aryl methyl sites for hydroxylation is 1. The van der Waals surface area contributed by atoms with Gasteiger partial charge in [0.1, 0.15) is 19.0 Å². The highest BCUT2D eigenvalue weighted by Gasteiger charge is 2.17. The number of nitrogens with two attached hydrogens (primary N) is 1. The van der Waals surface area contributed by atoms with Gasteiger partial charge in [-0.1, -0.05) is 6.92 Å². The third-order valence-electron chi connectivity index (χ3n) is 3.32. The summed E-state index contributed by atoms with van der Waals surface area (Å²) < 4.78 is 13.4. The number of ether oxygens (including phenoxy) is 2. The summed E-state index contributed by atoms with van der Waals surface area (Å²) in [5, 5.41) is 0. The second-order valence-electron chi connectivity index (χ2n) is 4.70. The van der Waals surface area contributed by atoms with Crippen molar-refractivity contribution < 1.29 is 9.47 Å². The Labute approximate surface area is 112 Å². The molecule has 1 aromatic carbocycles. The summed E-state index contributed by atoms with van der Waals surface area (Å²) in [6, 6.07) is 3.99. The molecular weight excluding hydrogens is 242 g/mol. The Hall–Kier alpha value is -1.75. The van der Waals surface area contributed by atoms with Crippen molar-refractivity contribution in [3.05, 3.63) is 18.0 Å². The molecule has 0 saturated carbocycles. The van der Waals surface area contributed by atoms with E-state index in [1.807, 2.05) is 12.1 Å². The van der Waals surface area contributed by atoms with E-state index in [1.54, 1.807) is 0 Å². The number of aromatic nitrogens is 2. The first-order valence-electron chi connectivity index (χ1n) is 6.82. The van der Waals surface area contributed by atoms with E-state index in [0.717, 1.165) is 47.7 Å². The number of hydrogen-bond donors (Lipinski definition) is 1. The van der Waals surface area contributed by atoms with E-state index in [1.165, 1.54) is 0 Å². The van der Waals surface area contributed by atoms with Crippen LogP contribution in [0.2, 0.25) is 0 Å². The Morgan fingerprint density at radius 3 is 2.68 bits per heavy atom. The third kappa shape index (κ3) is 2.14. The molecule has 2 N–H and O–H groups in total. The fraction of sp³-hybridized carbons (Fsp3) is 0.500. The number of imidazole rings is 1. The van der Waals surface area contributed by atoms with Crippen LogP contribution in [0.25, 0.3) is 11.0 Å². The van der Waals surface area contributed by atoms with E-state index in [-0.39, 0.29) is 0 Å². The highest BCUT2D eigenvalue weighted by molar-refractivity contribution is 5.80. The van der Waals surface area contributed by atoms with Crippen LogP contribution in [0.1, 0.15) is 19.2 Å². The Balaban J connectivity index is 2.14. The van der Waals surface area contributed by atoms with Crippen molar-refractivity contribution in [3.8, 4) is 11.5 Å². The van der Waals surface area contributed by atoms with Crippen molar-refractivity contribution in [3.63, 3.8) is 0 Å². The smallest absolute Gasteiger partial charge is 0.163 e. The zero-order valence-corrected chi connectivity index (χ0v) is 11.2. The summed E-state index contributed by atoms with van der Waals surface area (Å²) in [4.78, 5) is 4.70. The van der Waals surface area contributed by atoms with E-state index < -0.39 is 0 Å². The zero-order chi connectivity index (χ0) is 13.2. The van der Waals surface area contributed by atoms with Crippen molar-refractivity contribution >= 4 is 11.0 Å². The second kappa shape index (κ2) is 5.09. The monoisotopic (exact) mass is 261 g/mol. The Bertz CT molecular complexity index is 592. The van der Waals surface area contributed by atoms with Gasteiger partial charge in [0.25, 0.3) is 0 Å². The normalized spacial score (nSPS) is 14.0. The lowest BCUT2D eigenvalue weighted by Gasteiger charge is -2.18. The van der Waals surface area contributed by atoms with Gasteiger partial charge >= 0.3 is 0 Å². The zero-order valence-electron chi connectivity index (χ0n) is 11.2. The van der Waals surface area contributed by atoms with Gasteiger partial charge in [0.05, 0.1) is 11.0 Å². The van der Waals surface area contributed by atoms with Gasteiger partial charge in [-0.2, -0.15) is 0 Å². The molecule has 0 atom stereocenters. The van der Waals surface area contributed by atoms with Gasteiger partial charge in [-0.3, -0.25) is 0 Å². The number of rotatable bonds is 4. The summed E-state index contributed by atoms with van der Waals surface area (Å²) in [7, 11) is 0. The van der Waals surface area contributed by atoms with Crippen LogP contribution < -0.4 is 15.2 Å². The molecule has 1 aliphatic heterocycles. The van der Waals surface area contributed by atoms with Crippen molar-refractivity contribution in [2.24, 2.45) is 5.73 Å². The SMILES string of the molecule is CCCc1nc2cc3c(cc2n1CCN)OCCO3. The molecule has 5 heteroatoms. The lowest BCUT2D eigenvalue weighted by molar-refractivity contribution is 0.172. The number of fused-ring (bicyclic) bond motifs is 2. The van der Waals surface area contributed by atoms with Crippen molar-refractivity contribution in [1.29, 1.82) is 0 Å². The van der Waals surface area contributed by atoms with E-state index in [0.29, 0.717) is 19.8 Å². The highest BCUT2D eigenvalue weighted by atomic mass is 16.6. The predicted octanol–water partition coefficient (Wildman–Crippen LogP) is 1.72. The lowest BCUT2D eigenvalue weighted by atomic mass is 10.2. The second-order valence-corrected chi connectivity index (χ2v) is 4.70. The summed E-state index contributed by atoms with van der Waals surface area (Å²) in [6.45, 7) is 4.75. The van der Waals surface area contributed by atoms with E-state index in [2.05, 4.69) is 11.5 Å². The average Bonchev–Trinajstić information content (AvgIpc) is 2.75. The molecule has 0 aliphatic carbocycles. The largest absolute Gasteiger partial charge is 0.486 e. The lowest BCUT2D eigenvalue weighted by Crippen LogP contribution is -2.15. The molecule has 0 bridgehead atoms.